The predicted octanol–water partition coefficient (Wildman–Crippen LogP) is 5.87. The van der Waals surface area contributed by atoms with E-state index in [-0.39, 0.29) is 27.3 Å². The molecule has 0 aliphatic heterocycles. The lowest BCUT2D eigenvalue weighted by Crippen LogP contribution is -2.23. The molecule has 0 unspecified atom stereocenters. The average molecular weight is 482 g/mol. The quantitative estimate of drug-likeness (QED) is 0.428. The molecule has 0 aliphatic rings. The standard InChI is InChI=1S/C21H15ClF3N3O3S/c1-12(29)28(17-5-3-2-4-16(17)23)21-27-14(11-32-21)7-9-19(30)26-13-6-8-18(15(22)10-13)31-20(24)25/h2-11,20H,1H3,(H,26,30)/b9-7+. The van der Waals surface area contributed by atoms with E-state index < -0.39 is 24.2 Å². The number of aromatic nitrogens is 1. The third-order valence-corrected chi connectivity index (χ3v) is 5.07. The molecule has 3 rings (SSSR count). The van der Waals surface area contributed by atoms with Crippen LogP contribution in [0.25, 0.3) is 6.08 Å². The molecule has 0 radical (unpaired) electrons. The Labute approximate surface area is 189 Å². The lowest BCUT2D eigenvalue weighted by atomic mass is 10.3. The summed E-state index contributed by atoms with van der Waals surface area (Å²) in [5.41, 5.74) is 0.716. The summed E-state index contributed by atoms with van der Waals surface area (Å²) < 4.78 is 42.9. The van der Waals surface area contributed by atoms with E-state index in [1.165, 1.54) is 55.5 Å². The van der Waals surface area contributed by atoms with E-state index in [4.69, 9.17) is 11.6 Å². The van der Waals surface area contributed by atoms with Gasteiger partial charge in [-0.15, -0.1) is 11.3 Å². The van der Waals surface area contributed by atoms with Crippen molar-refractivity contribution >= 4 is 57.3 Å². The number of carbonyl (C=O) groups excluding carboxylic acids is 2. The molecule has 0 spiro atoms. The van der Waals surface area contributed by atoms with E-state index in [1.807, 2.05) is 0 Å². The van der Waals surface area contributed by atoms with Crippen LogP contribution >= 0.6 is 22.9 Å². The number of rotatable bonds is 7. The van der Waals surface area contributed by atoms with Crippen LogP contribution in [-0.2, 0) is 9.59 Å². The minimum absolute atomic E-state index is 0.0683. The third-order valence-electron chi connectivity index (χ3n) is 3.93. The Kier molecular flexibility index (Phi) is 7.49. The van der Waals surface area contributed by atoms with E-state index in [1.54, 1.807) is 11.4 Å². The molecular weight excluding hydrogens is 467 g/mol. The van der Waals surface area contributed by atoms with E-state index in [2.05, 4.69) is 15.0 Å². The van der Waals surface area contributed by atoms with Crippen LogP contribution in [-0.4, -0.2) is 23.4 Å². The van der Waals surface area contributed by atoms with Crippen molar-refractivity contribution in [3.63, 3.8) is 0 Å². The summed E-state index contributed by atoms with van der Waals surface area (Å²) in [6.07, 6.45) is 2.60. The fourth-order valence-corrected chi connectivity index (χ4v) is 3.68. The maximum atomic E-state index is 14.1. The lowest BCUT2D eigenvalue weighted by Gasteiger charge is -2.18. The molecule has 1 N–H and O–H groups in total. The number of nitrogens with one attached hydrogen (secondary N) is 1. The minimum atomic E-state index is -3.02. The molecule has 6 nitrogen and oxygen atoms in total. The van der Waals surface area contributed by atoms with Crippen LogP contribution in [0.15, 0.2) is 53.9 Å². The van der Waals surface area contributed by atoms with Crippen LogP contribution in [0.3, 0.4) is 0 Å². The van der Waals surface area contributed by atoms with Gasteiger partial charge in [0.1, 0.15) is 11.6 Å². The Bertz CT molecular complexity index is 1170. The number of thiazole rings is 1. The second-order valence-electron chi connectivity index (χ2n) is 6.21. The van der Waals surface area contributed by atoms with E-state index in [9.17, 15) is 22.8 Å². The zero-order chi connectivity index (χ0) is 23.3. The lowest BCUT2D eigenvalue weighted by molar-refractivity contribution is -0.116. The Morgan fingerprint density at radius 1 is 1.25 bits per heavy atom. The Hall–Kier alpha value is -3.37. The number of amides is 2. The molecule has 1 heterocycles. The number of ether oxygens (including phenoxy) is 1. The number of hydrogen-bond donors (Lipinski definition) is 1. The second kappa shape index (κ2) is 10.3. The van der Waals surface area contributed by atoms with Gasteiger partial charge in [0.2, 0.25) is 11.8 Å². The monoisotopic (exact) mass is 481 g/mol. The SMILES string of the molecule is CC(=O)N(c1nc(/C=C/C(=O)Nc2ccc(OC(F)F)c(Cl)c2)cs1)c1ccccc1F. The fraction of sp³-hybridized carbons (Fsp3) is 0.0952. The number of anilines is 3. The van der Waals surface area contributed by atoms with Crippen molar-refractivity contribution in [2.75, 3.05) is 10.2 Å². The summed E-state index contributed by atoms with van der Waals surface area (Å²) in [5.74, 6) is -1.74. The normalized spacial score (nSPS) is 11.1. The van der Waals surface area contributed by atoms with Crippen molar-refractivity contribution in [3.8, 4) is 5.75 Å². The fourth-order valence-electron chi connectivity index (χ4n) is 2.61. The number of para-hydroxylation sites is 1. The molecule has 166 valence electrons. The number of hydrogen-bond acceptors (Lipinski definition) is 5. The second-order valence-corrected chi connectivity index (χ2v) is 7.45. The molecule has 32 heavy (non-hydrogen) atoms. The van der Waals surface area contributed by atoms with Crippen molar-refractivity contribution < 1.29 is 27.5 Å². The van der Waals surface area contributed by atoms with Crippen LogP contribution in [0.4, 0.5) is 29.7 Å². The van der Waals surface area contributed by atoms with Crippen molar-refractivity contribution in [1.29, 1.82) is 0 Å². The molecule has 0 saturated heterocycles. The highest BCUT2D eigenvalue weighted by atomic mass is 35.5. The van der Waals surface area contributed by atoms with Crippen molar-refractivity contribution in [2.24, 2.45) is 0 Å². The van der Waals surface area contributed by atoms with Gasteiger partial charge in [-0.2, -0.15) is 8.78 Å². The highest BCUT2D eigenvalue weighted by Crippen LogP contribution is 2.31. The first-order chi connectivity index (χ1) is 15.2. The highest BCUT2D eigenvalue weighted by Gasteiger charge is 2.20. The zero-order valence-corrected chi connectivity index (χ0v) is 18.0. The molecule has 3 aromatic rings. The first kappa shape index (κ1) is 23.3. The maximum absolute atomic E-state index is 14.1. The predicted molar refractivity (Wildman–Crippen MR) is 117 cm³/mol. The Balaban J connectivity index is 1.70. The van der Waals surface area contributed by atoms with E-state index >= 15 is 0 Å². The van der Waals surface area contributed by atoms with Gasteiger partial charge < -0.3 is 10.1 Å². The molecule has 0 atom stereocenters. The van der Waals surface area contributed by atoms with Gasteiger partial charge in [0, 0.05) is 24.1 Å². The minimum Gasteiger partial charge on any atom is -0.433 e. The smallest absolute Gasteiger partial charge is 0.387 e. The summed E-state index contributed by atoms with van der Waals surface area (Å²) in [5, 5.41) is 4.27. The number of nitrogens with zero attached hydrogens (tertiary/aromatic N) is 2. The van der Waals surface area contributed by atoms with Crippen LogP contribution in [0.1, 0.15) is 12.6 Å². The summed E-state index contributed by atoms with van der Waals surface area (Å²) in [7, 11) is 0. The topological polar surface area (TPSA) is 71.5 Å². The molecule has 0 bridgehead atoms. The largest absolute Gasteiger partial charge is 0.433 e. The van der Waals surface area contributed by atoms with Crippen LogP contribution < -0.4 is 15.0 Å². The molecule has 1 aromatic heterocycles. The Morgan fingerprint density at radius 2 is 2.00 bits per heavy atom. The highest BCUT2D eigenvalue weighted by molar-refractivity contribution is 7.14. The summed E-state index contributed by atoms with van der Waals surface area (Å²) in [4.78, 5) is 29.6. The first-order valence-electron chi connectivity index (χ1n) is 8.99. The summed E-state index contributed by atoms with van der Waals surface area (Å²) in [6, 6.07) is 9.65. The van der Waals surface area contributed by atoms with Crippen molar-refractivity contribution in [1.82, 2.24) is 4.98 Å². The number of alkyl halides is 2. The molecule has 11 heteroatoms. The molecule has 0 saturated carbocycles. The van der Waals surface area contributed by atoms with Gasteiger partial charge in [-0.05, 0) is 36.4 Å². The van der Waals surface area contributed by atoms with Crippen molar-refractivity contribution in [2.45, 2.75) is 13.5 Å². The molecule has 0 aliphatic carbocycles. The van der Waals surface area contributed by atoms with Crippen LogP contribution in [0.5, 0.6) is 5.75 Å². The van der Waals surface area contributed by atoms with E-state index in [0.29, 0.717) is 5.69 Å². The van der Waals surface area contributed by atoms with Crippen molar-refractivity contribution in [3.05, 3.63) is 70.5 Å². The average Bonchev–Trinajstić information content (AvgIpc) is 3.18. The Morgan fingerprint density at radius 3 is 2.66 bits per heavy atom. The molecule has 2 amide bonds. The maximum Gasteiger partial charge on any atom is 0.387 e. The zero-order valence-electron chi connectivity index (χ0n) is 16.4. The van der Waals surface area contributed by atoms with Gasteiger partial charge in [0.15, 0.2) is 5.13 Å². The third kappa shape index (κ3) is 5.86. The van der Waals surface area contributed by atoms with Gasteiger partial charge >= 0.3 is 6.61 Å². The number of carbonyl (C=O) groups is 2. The first-order valence-corrected chi connectivity index (χ1v) is 10.2. The molecular formula is C21H15ClF3N3O3S. The van der Waals surface area contributed by atoms with Crippen LogP contribution in [0.2, 0.25) is 5.02 Å². The number of halogens is 4. The molecule has 0 fully saturated rings. The van der Waals surface area contributed by atoms with Gasteiger partial charge in [-0.3, -0.25) is 14.5 Å². The molecule has 2 aromatic carbocycles. The summed E-state index contributed by atoms with van der Waals surface area (Å²) in [6.45, 7) is -1.73. The number of benzene rings is 2. The van der Waals surface area contributed by atoms with Gasteiger partial charge in [-0.25, -0.2) is 9.37 Å². The van der Waals surface area contributed by atoms with Gasteiger partial charge in [-0.1, -0.05) is 23.7 Å². The van der Waals surface area contributed by atoms with Crippen LogP contribution in [0, 0.1) is 5.82 Å². The van der Waals surface area contributed by atoms with Gasteiger partial charge in [0.25, 0.3) is 0 Å². The summed E-state index contributed by atoms with van der Waals surface area (Å²) >= 11 is 6.96. The van der Waals surface area contributed by atoms with E-state index in [0.717, 1.165) is 16.2 Å². The van der Waals surface area contributed by atoms with Gasteiger partial charge in [0.05, 0.1) is 16.4 Å².